The summed E-state index contributed by atoms with van der Waals surface area (Å²) in [7, 11) is 0. The topological polar surface area (TPSA) is 41.1 Å². The van der Waals surface area contributed by atoms with Crippen LogP contribution in [0.4, 0.5) is 4.79 Å². The quantitative estimate of drug-likeness (QED) is 0.645. The van der Waals surface area contributed by atoms with Gasteiger partial charge in [0, 0.05) is 19.0 Å². The van der Waals surface area contributed by atoms with E-state index < -0.39 is 0 Å². The lowest BCUT2D eigenvalue weighted by atomic mass is 9.88. The summed E-state index contributed by atoms with van der Waals surface area (Å²) in [6, 6.07) is 20.9. The van der Waals surface area contributed by atoms with E-state index in [0.29, 0.717) is 12.5 Å². The molecule has 0 aliphatic rings. The molecule has 0 saturated heterocycles. The lowest BCUT2D eigenvalue weighted by Gasteiger charge is -2.18. The predicted molar refractivity (Wildman–Crippen MR) is 100 cm³/mol. The van der Waals surface area contributed by atoms with Gasteiger partial charge in [0.1, 0.15) is 0 Å². The van der Waals surface area contributed by atoms with Crippen molar-refractivity contribution in [2.24, 2.45) is 0 Å². The highest BCUT2D eigenvalue weighted by molar-refractivity contribution is 5.73. The Morgan fingerprint density at radius 1 is 0.833 bits per heavy atom. The molecule has 0 heterocycles. The molecule has 0 aliphatic carbocycles. The van der Waals surface area contributed by atoms with E-state index in [2.05, 4.69) is 66.1 Å². The molecule has 0 aliphatic heterocycles. The van der Waals surface area contributed by atoms with Crippen molar-refractivity contribution >= 4 is 6.03 Å². The summed E-state index contributed by atoms with van der Waals surface area (Å²) >= 11 is 0. The smallest absolute Gasteiger partial charge is 0.314 e. The summed E-state index contributed by atoms with van der Waals surface area (Å²) in [5, 5.41) is 5.90. The number of urea groups is 1. The number of amides is 2. The van der Waals surface area contributed by atoms with Crippen LogP contribution < -0.4 is 10.6 Å². The molecule has 0 atom stereocenters. The van der Waals surface area contributed by atoms with Crippen LogP contribution in [0, 0.1) is 0 Å². The highest BCUT2D eigenvalue weighted by Crippen LogP contribution is 2.27. The van der Waals surface area contributed by atoms with Crippen LogP contribution in [0.25, 0.3) is 0 Å². The maximum atomic E-state index is 11.8. The van der Waals surface area contributed by atoms with E-state index in [1.165, 1.54) is 17.5 Å². The molecule has 2 N–H and O–H groups in total. The Morgan fingerprint density at radius 2 is 1.38 bits per heavy atom. The molecule has 0 fully saturated rings. The third-order valence-electron chi connectivity index (χ3n) is 4.19. The van der Waals surface area contributed by atoms with Gasteiger partial charge in [-0.25, -0.2) is 4.79 Å². The summed E-state index contributed by atoms with van der Waals surface area (Å²) in [5.41, 5.74) is 2.57. The van der Waals surface area contributed by atoms with Crippen molar-refractivity contribution in [3.8, 4) is 0 Å². The Hall–Kier alpha value is -2.29. The van der Waals surface area contributed by atoms with E-state index in [9.17, 15) is 4.79 Å². The molecule has 24 heavy (non-hydrogen) atoms. The maximum Gasteiger partial charge on any atom is 0.314 e. The number of carbonyl (C=O) groups excluding carboxylic acids is 1. The minimum Gasteiger partial charge on any atom is -0.338 e. The molecule has 2 amide bonds. The number of rotatable bonds is 9. The predicted octanol–water partition coefficient (Wildman–Crippen LogP) is 4.70. The van der Waals surface area contributed by atoms with Gasteiger partial charge in [0.25, 0.3) is 0 Å². The summed E-state index contributed by atoms with van der Waals surface area (Å²) in [5.74, 6) is 0.299. The third kappa shape index (κ3) is 6.07. The van der Waals surface area contributed by atoms with E-state index in [4.69, 9.17) is 0 Å². The van der Waals surface area contributed by atoms with Crippen LogP contribution in [0.2, 0.25) is 0 Å². The fraction of sp³-hybridized carbons (Fsp3) is 0.381. The highest BCUT2D eigenvalue weighted by Gasteiger charge is 2.13. The van der Waals surface area contributed by atoms with Crippen LogP contribution in [-0.4, -0.2) is 19.1 Å². The van der Waals surface area contributed by atoms with Gasteiger partial charge in [-0.3, -0.25) is 0 Å². The first-order chi connectivity index (χ1) is 11.8. The van der Waals surface area contributed by atoms with Gasteiger partial charge in [0.05, 0.1) is 0 Å². The number of unbranched alkanes of at least 4 members (excludes halogenated alkanes) is 2. The summed E-state index contributed by atoms with van der Waals surface area (Å²) < 4.78 is 0. The number of benzene rings is 2. The standard InChI is InChI=1S/C21H28N2O/c1-2-3-10-16-22-21(24)23-17-15-20(18-11-6-4-7-12-18)19-13-8-5-9-14-19/h4-9,11-14,20H,2-3,10,15-17H2,1H3,(H2,22,23,24). The second-order valence-electron chi connectivity index (χ2n) is 6.05. The molecule has 3 heteroatoms. The zero-order valence-electron chi connectivity index (χ0n) is 14.5. The van der Waals surface area contributed by atoms with Crippen LogP contribution in [0.15, 0.2) is 60.7 Å². The SMILES string of the molecule is CCCCCNC(=O)NCCC(c1ccccc1)c1ccccc1. The van der Waals surface area contributed by atoms with E-state index >= 15 is 0 Å². The molecule has 0 unspecified atom stereocenters. The fourth-order valence-electron chi connectivity index (χ4n) is 2.87. The van der Waals surface area contributed by atoms with E-state index in [-0.39, 0.29) is 6.03 Å². The second kappa shape index (κ2) is 10.5. The largest absolute Gasteiger partial charge is 0.338 e. The van der Waals surface area contributed by atoms with Crippen molar-refractivity contribution < 1.29 is 4.79 Å². The number of carbonyl (C=O) groups is 1. The van der Waals surface area contributed by atoms with Crippen LogP contribution in [0.1, 0.15) is 49.7 Å². The molecule has 3 nitrogen and oxygen atoms in total. The Bertz CT molecular complexity index is 544. The molecule has 0 bridgehead atoms. The van der Waals surface area contributed by atoms with Gasteiger partial charge in [-0.2, -0.15) is 0 Å². The highest BCUT2D eigenvalue weighted by atomic mass is 16.2. The molecular formula is C21H28N2O. The van der Waals surface area contributed by atoms with Crippen molar-refractivity contribution in [3.05, 3.63) is 71.8 Å². The summed E-state index contributed by atoms with van der Waals surface area (Å²) in [6.45, 7) is 3.57. The molecular weight excluding hydrogens is 296 g/mol. The zero-order chi connectivity index (χ0) is 17.0. The van der Waals surface area contributed by atoms with Gasteiger partial charge in [-0.1, -0.05) is 80.4 Å². The van der Waals surface area contributed by atoms with Gasteiger partial charge in [0.15, 0.2) is 0 Å². The van der Waals surface area contributed by atoms with Crippen molar-refractivity contribution in [1.82, 2.24) is 10.6 Å². The number of hydrogen-bond donors (Lipinski definition) is 2. The third-order valence-corrected chi connectivity index (χ3v) is 4.19. The Morgan fingerprint density at radius 3 is 1.92 bits per heavy atom. The Balaban J connectivity index is 1.87. The average Bonchev–Trinajstić information content (AvgIpc) is 2.64. The van der Waals surface area contributed by atoms with Crippen molar-refractivity contribution in [3.63, 3.8) is 0 Å². The lowest BCUT2D eigenvalue weighted by Crippen LogP contribution is -2.37. The molecule has 0 saturated carbocycles. The molecule has 0 aromatic heterocycles. The van der Waals surface area contributed by atoms with Crippen molar-refractivity contribution in [2.45, 2.75) is 38.5 Å². The van der Waals surface area contributed by atoms with E-state index in [1.54, 1.807) is 0 Å². The first-order valence-electron chi connectivity index (χ1n) is 8.93. The van der Waals surface area contributed by atoms with Gasteiger partial charge >= 0.3 is 6.03 Å². The maximum absolute atomic E-state index is 11.8. The van der Waals surface area contributed by atoms with Gasteiger partial charge in [0.2, 0.25) is 0 Å². The summed E-state index contributed by atoms with van der Waals surface area (Å²) in [6.07, 6.45) is 4.25. The normalized spacial score (nSPS) is 10.6. The first-order valence-corrected chi connectivity index (χ1v) is 8.93. The van der Waals surface area contributed by atoms with Gasteiger partial charge in [-0.15, -0.1) is 0 Å². The Kier molecular flexibility index (Phi) is 7.88. The van der Waals surface area contributed by atoms with E-state index in [0.717, 1.165) is 25.8 Å². The molecule has 0 spiro atoms. The molecule has 2 aromatic rings. The monoisotopic (exact) mass is 324 g/mol. The molecule has 0 radical (unpaired) electrons. The van der Waals surface area contributed by atoms with Crippen LogP contribution >= 0.6 is 0 Å². The molecule has 2 rings (SSSR count). The zero-order valence-corrected chi connectivity index (χ0v) is 14.5. The molecule has 2 aromatic carbocycles. The summed E-state index contributed by atoms with van der Waals surface area (Å²) in [4.78, 5) is 11.8. The molecule has 128 valence electrons. The Labute approximate surface area is 145 Å². The minimum atomic E-state index is -0.0639. The lowest BCUT2D eigenvalue weighted by molar-refractivity contribution is 0.240. The van der Waals surface area contributed by atoms with Crippen molar-refractivity contribution in [2.75, 3.05) is 13.1 Å². The average molecular weight is 324 g/mol. The fourth-order valence-corrected chi connectivity index (χ4v) is 2.87. The van der Waals surface area contributed by atoms with Crippen LogP contribution in [0.3, 0.4) is 0 Å². The van der Waals surface area contributed by atoms with Crippen LogP contribution in [0.5, 0.6) is 0 Å². The van der Waals surface area contributed by atoms with Crippen molar-refractivity contribution in [1.29, 1.82) is 0 Å². The number of nitrogens with one attached hydrogen (secondary N) is 2. The van der Waals surface area contributed by atoms with Gasteiger partial charge < -0.3 is 10.6 Å². The van der Waals surface area contributed by atoms with E-state index in [1.807, 2.05) is 12.1 Å². The minimum absolute atomic E-state index is 0.0639. The van der Waals surface area contributed by atoms with Crippen LogP contribution in [-0.2, 0) is 0 Å². The number of hydrogen-bond acceptors (Lipinski definition) is 1. The van der Waals surface area contributed by atoms with Gasteiger partial charge in [-0.05, 0) is 24.0 Å². The second-order valence-corrected chi connectivity index (χ2v) is 6.05. The first kappa shape index (κ1) is 18.1.